The molecule has 0 aliphatic heterocycles. The fraction of sp³-hybridized carbons (Fsp3) is 0.118. The number of rotatable bonds is 3. The molecule has 0 fully saturated rings. The molecular formula is C17H13ClN4O2. The van der Waals surface area contributed by atoms with E-state index < -0.39 is 0 Å². The molecule has 0 saturated carbocycles. The quantitative estimate of drug-likeness (QED) is 0.575. The van der Waals surface area contributed by atoms with Crippen LogP contribution in [-0.2, 0) is 13.7 Å². The van der Waals surface area contributed by atoms with Gasteiger partial charge in [-0.15, -0.1) is 10.2 Å². The highest BCUT2D eigenvalue weighted by molar-refractivity contribution is 6.30. The van der Waals surface area contributed by atoms with Gasteiger partial charge in [0.1, 0.15) is 12.4 Å². The van der Waals surface area contributed by atoms with Crippen molar-refractivity contribution in [3.8, 4) is 5.75 Å². The van der Waals surface area contributed by atoms with Gasteiger partial charge >= 0.3 is 0 Å². The topological polar surface area (TPSA) is 61.4 Å². The number of aryl methyl sites for hydroxylation is 1. The maximum Gasteiger partial charge on any atom is 0.262 e. The zero-order valence-corrected chi connectivity index (χ0v) is 13.6. The molecule has 0 amide bonds. The van der Waals surface area contributed by atoms with Crippen molar-refractivity contribution in [1.82, 2.24) is 19.2 Å². The van der Waals surface area contributed by atoms with Crippen molar-refractivity contribution in [3.63, 3.8) is 0 Å². The van der Waals surface area contributed by atoms with Crippen molar-refractivity contribution >= 4 is 28.3 Å². The van der Waals surface area contributed by atoms with E-state index in [4.69, 9.17) is 16.3 Å². The van der Waals surface area contributed by atoms with E-state index in [1.807, 2.05) is 34.7 Å². The number of nitrogens with zero attached hydrogens (tertiary/aromatic N) is 4. The Kier molecular flexibility index (Phi) is 3.46. The first-order chi connectivity index (χ1) is 11.6. The van der Waals surface area contributed by atoms with Crippen LogP contribution in [0.1, 0.15) is 5.82 Å². The summed E-state index contributed by atoms with van der Waals surface area (Å²) in [6, 6.07) is 14.5. The second-order valence-electron chi connectivity index (χ2n) is 5.38. The molecule has 120 valence electrons. The Morgan fingerprint density at radius 2 is 1.96 bits per heavy atom. The van der Waals surface area contributed by atoms with Crippen LogP contribution in [0.2, 0.25) is 5.02 Å². The van der Waals surface area contributed by atoms with Crippen LogP contribution in [0.5, 0.6) is 5.75 Å². The van der Waals surface area contributed by atoms with E-state index >= 15 is 0 Å². The summed E-state index contributed by atoms with van der Waals surface area (Å²) in [6.07, 6.45) is 0. The van der Waals surface area contributed by atoms with Crippen molar-refractivity contribution in [3.05, 3.63) is 69.7 Å². The van der Waals surface area contributed by atoms with E-state index in [9.17, 15) is 4.79 Å². The highest BCUT2D eigenvalue weighted by atomic mass is 35.5. The summed E-state index contributed by atoms with van der Waals surface area (Å²) in [5.41, 5.74) is 0.651. The average Bonchev–Trinajstić information content (AvgIpc) is 3.02. The molecule has 0 N–H and O–H groups in total. The number of hydrogen-bond donors (Lipinski definition) is 0. The van der Waals surface area contributed by atoms with Crippen molar-refractivity contribution in [2.24, 2.45) is 7.05 Å². The normalized spacial score (nSPS) is 11.2. The Labute approximate surface area is 141 Å². The van der Waals surface area contributed by atoms with Crippen molar-refractivity contribution in [2.45, 2.75) is 6.61 Å². The molecule has 0 aliphatic rings. The summed E-state index contributed by atoms with van der Waals surface area (Å²) in [5.74, 6) is 1.73. The summed E-state index contributed by atoms with van der Waals surface area (Å²) in [6.45, 7) is 0.212. The Morgan fingerprint density at radius 1 is 1.12 bits per heavy atom. The minimum absolute atomic E-state index is 0.104. The van der Waals surface area contributed by atoms with Gasteiger partial charge in [-0.25, -0.2) is 0 Å². The van der Waals surface area contributed by atoms with Gasteiger partial charge in [-0.2, -0.15) is 0 Å². The van der Waals surface area contributed by atoms with Crippen LogP contribution in [0.15, 0.2) is 53.3 Å². The monoisotopic (exact) mass is 340 g/mol. The highest BCUT2D eigenvalue weighted by Crippen LogP contribution is 2.19. The third-order valence-corrected chi connectivity index (χ3v) is 4.09. The SMILES string of the molecule is Cn1c(=O)c2ccccc2n2c(COc3cccc(Cl)c3)nnc12. The van der Waals surface area contributed by atoms with E-state index in [1.165, 1.54) is 4.57 Å². The number of aromatic nitrogens is 4. The van der Waals surface area contributed by atoms with Crippen molar-refractivity contribution < 1.29 is 4.74 Å². The van der Waals surface area contributed by atoms with Gasteiger partial charge in [-0.1, -0.05) is 29.8 Å². The molecule has 0 unspecified atom stereocenters. The predicted molar refractivity (Wildman–Crippen MR) is 91.5 cm³/mol. The Hall–Kier alpha value is -2.86. The molecule has 0 bridgehead atoms. The second kappa shape index (κ2) is 5.65. The molecule has 0 aliphatic carbocycles. The van der Waals surface area contributed by atoms with E-state index in [-0.39, 0.29) is 12.2 Å². The first-order valence-electron chi connectivity index (χ1n) is 7.35. The van der Waals surface area contributed by atoms with Crippen LogP contribution in [-0.4, -0.2) is 19.2 Å². The standard InChI is InChI=1S/C17H13ClN4O2/c1-21-16(23)13-7-2-3-8-14(13)22-15(19-20-17(21)22)10-24-12-6-4-5-11(18)9-12/h2-9H,10H2,1H3. The fourth-order valence-electron chi connectivity index (χ4n) is 2.69. The Balaban J connectivity index is 1.83. The molecule has 2 aromatic heterocycles. The lowest BCUT2D eigenvalue weighted by Gasteiger charge is -2.09. The van der Waals surface area contributed by atoms with E-state index in [2.05, 4.69) is 10.2 Å². The van der Waals surface area contributed by atoms with Gasteiger partial charge < -0.3 is 4.74 Å². The van der Waals surface area contributed by atoms with Crippen LogP contribution in [0.25, 0.3) is 16.7 Å². The molecule has 0 radical (unpaired) electrons. The lowest BCUT2D eigenvalue weighted by molar-refractivity contribution is 0.295. The van der Waals surface area contributed by atoms with E-state index in [0.717, 1.165) is 5.52 Å². The van der Waals surface area contributed by atoms with Crippen LogP contribution in [0.4, 0.5) is 0 Å². The molecule has 0 atom stereocenters. The lowest BCUT2D eigenvalue weighted by atomic mass is 10.2. The zero-order valence-electron chi connectivity index (χ0n) is 12.8. The third kappa shape index (κ3) is 2.32. The van der Waals surface area contributed by atoms with Crippen LogP contribution < -0.4 is 10.3 Å². The largest absolute Gasteiger partial charge is 0.486 e. The molecule has 7 heteroatoms. The lowest BCUT2D eigenvalue weighted by Crippen LogP contribution is -2.20. The molecule has 0 saturated heterocycles. The molecule has 0 spiro atoms. The predicted octanol–water partition coefficient (Wildman–Crippen LogP) is 2.81. The number of fused-ring (bicyclic) bond motifs is 3. The third-order valence-electron chi connectivity index (χ3n) is 3.86. The number of halogens is 1. The molecule has 24 heavy (non-hydrogen) atoms. The molecule has 4 aromatic rings. The molecule has 4 rings (SSSR count). The number of hydrogen-bond acceptors (Lipinski definition) is 4. The zero-order chi connectivity index (χ0) is 16.7. The van der Waals surface area contributed by atoms with Gasteiger partial charge in [0, 0.05) is 12.1 Å². The van der Waals surface area contributed by atoms with Crippen LogP contribution in [0, 0.1) is 0 Å². The average molecular weight is 341 g/mol. The van der Waals surface area contributed by atoms with Gasteiger partial charge in [0.15, 0.2) is 5.82 Å². The smallest absolute Gasteiger partial charge is 0.262 e. The van der Waals surface area contributed by atoms with Gasteiger partial charge in [-0.3, -0.25) is 13.8 Å². The number of ether oxygens (including phenoxy) is 1. The van der Waals surface area contributed by atoms with Crippen LogP contribution >= 0.6 is 11.6 Å². The number of para-hydroxylation sites is 1. The molecule has 2 aromatic carbocycles. The summed E-state index contributed by atoms with van der Waals surface area (Å²) < 4.78 is 9.08. The summed E-state index contributed by atoms with van der Waals surface area (Å²) in [5, 5.41) is 9.52. The Morgan fingerprint density at radius 3 is 2.79 bits per heavy atom. The van der Waals surface area contributed by atoms with Crippen molar-refractivity contribution in [1.29, 1.82) is 0 Å². The van der Waals surface area contributed by atoms with Gasteiger partial charge in [0.2, 0.25) is 5.78 Å². The second-order valence-corrected chi connectivity index (χ2v) is 5.82. The first kappa shape index (κ1) is 14.7. The van der Waals surface area contributed by atoms with Gasteiger partial charge in [-0.05, 0) is 30.3 Å². The minimum atomic E-state index is -0.104. The van der Waals surface area contributed by atoms with Gasteiger partial charge in [0.25, 0.3) is 5.56 Å². The molecular weight excluding hydrogens is 328 g/mol. The minimum Gasteiger partial charge on any atom is -0.486 e. The maximum atomic E-state index is 12.4. The first-order valence-corrected chi connectivity index (χ1v) is 7.73. The molecule has 6 nitrogen and oxygen atoms in total. The Bertz CT molecular complexity index is 1120. The van der Waals surface area contributed by atoms with E-state index in [0.29, 0.717) is 27.8 Å². The van der Waals surface area contributed by atoms with Gasteiger partial charge in [0.05, 0.1) is 10.9 Å². The van der Waals surface area contributed by atoms with Crippen molar-refractivity contribution in [2.75, 3.05) is 0 Å². The molecule has 2 heterocycles. The van der Waals surface area contributed by atoms with E-state index in [1.54, 1.807) is 25.2 Å². The summed E-state index contributed by atoms with van der Waals surface area (Å²) >= 11 is 5.97. The number of benzene rings is 2. The van der Waals surface area contributed by atoms with Crippen LogP contribution in [0.3, 0.4) is 0 Å². The maximum absolute atomic E-state index is 12.4. The summed E-state index contributed by atoms with van der Waals surface area (Å²) in [4.78, 5) is 12.4. The highest BCUT2D eigenvalue weighted by Gasteiger charge is 2.14. The summed E-state index contributed by atoms with van der Waals surface area (Å²) in [7, 11) is 1.68. The fourth-order valence-corrected chi connectivity index (χ4v) is 2.87.